The van der Waals surface area contributed by atoms with Crippen molar-refractivity contribution in [3.63, 3.8) is 0 Å². The van der Waals surface area contributed by atoms with E-state index in [4.69, 9.17) is 16.3 Å². The molecular formula is C14H9BrClF3O. The van der Waals surface area contributed by atoms with Gasteiger partial charge < -0.3 is 4.74 Å². The van der Waals surface area contributed by atoms with E-state index >= 15 is 0 Å². The Balaban J connectivity index is 2.57. The van der Waals surface area contributed by atoms with Gasteiger partial charge >= 0.3 is 0 Å². The highest BCUT2D eigenvalue weighted by atomic mass is 79.9. The van der Waals surface area contributed by atoms with Gasteiger partial charge in [-0.05, 0) is 30.3 Å². The average Bonchev–Trinajstić information content (AvgIpc) is 2.37. The zero-order valence-corrected chi connectivity index (χ0v) is 12.6. The summed E-state index contributed by atoms with van der Waals surface area (Å²) in [4.78, 5) is 0. The molecule has 0 spiro atoms. The van der Waals surface area contributed by atoms with Crippen molar-refractivity contribution >= 4 is 27.5 Å². The minimum atomic E-state index is -1.20. The molecule has 1 unspecified atom stereocenters. The van der Waals surface area contributed by atoms with Gasteiger partial charge in [0.1, 0.15) is 23.2 Å². The Kier molecular flexibility index (Phi) is 4.60. The Morgan fingerprint density at radius 1 is 1.10 bits per heavy atom. The zero-order valence-electron chi connectivity index (χ0n) is 10.3. The maximum Gasteiger partial charge on any atom is 0.132 e. The fraction of sp³-hybridized carbons (Fsp3) is 0.143. The third-order valence-corrected chi connectivity index (χ3v) is 3.67. The first-order valence-electron chi connectivity index (χ1n) is 5.56. The lowest BCUT2D eigenvalue weighted by Crippen LogP contribution is -2.04. The highest BCUT2D eigenvalue weighted by Crippen LogP contribution is 2.38. The molecule has 0 amide bonds. The van der Waals surface area contributed by atoms with Crippen LogP contribution in [0.1, 0.15) is 16.5 Å². The Morgan fingerprint density at radius 3 is 2.25 bits per heavy atom. The first kappa shape index (κ1) is 15.2. The first-order chi connectivity index (χ1) is 9.43. The topological polar surface area (TPSA) is 9.23 Å². The van der Waals surface area contributed by atoms with Crippen LogP contribution < -0.4 is 4.74 Å². The number of hydrogen-bond acceptors (Lipinski definition) is 1. The van der Waals surface area contributed by atoms with Gasteiger partial charge in [0, 0.05) is 15.6 Å². The maximum atomic E-state index is 13.9. The van der Waals surface area contributed by atoms with Gasteiger partial charge in [-0.25, -0.2) is 13.2 Å². The summed E-state index contributed by atoms with van der Waals surface area (Å²) in [5, 5.41) is -1.20. The highest BCUT2D eigenvalue weighted by molar-refractivity contribution is 9.10. The molecule has 0 saturated heterocycles. The molecular weight excluding hydrogens is 357 g/mol. The van der Waals surface area contributed by atoms with Crippen LogP contribution in [0.4, 0.5) is 13.2 Å². The summed E-state index contributed by atoms with van der Waals surface area (Å²) in [6.07, 6.45) is 0. The zero-order chi connectivity index (χ0) is 14.9. The van der Waals surface area contributed by atoms with Crippen LogP contribution in [0.2, 0.25) is 0 Å². The second-order valence-electron chi connectivity index (χ2n) is 4.03. The minimum absolute atomic E-state index is 0.161. The molecule has 1 nitrogen and oxygen atoms in total. The van der Waals surface area contributed by atoms with Crippen molar-refractivity contribution in [3.8, 4) is 5.75 Å². The Bertz CT molecular complexity index is 625. The molecule has 0 aliphatic heterocycles. The Morgan fingerprint density at radius 2 is 1.70 bits per heavy atom. The van der Waals surface area contributed by atoms with Gasteiger partial charge in [0.25, 0.3) is 0 Å². The molecule has 0 aliphatic rings. The van der Waals surface area contributed by atoms with E-state index < -0.39 is 22.8 Å². The first-order valence-corrected chi connectivity index (χ1v) is 6.79. The predicted molar refractivity (Wildman–Crippen MR) is 74.7 cm³/mol. The van der Waals surface area contributed by atoms with Gasteiger partial charge in [-0.15, -0.1) is 11.6 Å². The van der Waals surface area contributed by atoms with Crippen LogP contribution >= 0.6 is 27.5 Å². The molecule has 0 heterocycles. The van der Waals surface area contributed by atoms with Crippen molar-refractivity contribution in [3.05, 3.63) is 63.4 Å². The van der Waals surface area contributed by atoms with E-state index in [1.807, 2.05) is 0 Å². The van der Waals surface area contributed by atoms with E-state index in [9.17, 15) is 13.2 Å². The molecule has 0 radical (unpaired) electrons. The molecule has 0 bridgehead atoms. The number of methoxy groups -OCH3 is 1. The maximum absolute atomic E-state index is 13.9. The van der Waals surface area contributed by atoms with Crippen molar-refractivity contribution in [2.24, 2.45) is 0 Å². The molecule has 2 aromatic carbocycles. The largest absolute Gasteiger partial charge is 0.496 e. The SMILES string of the molecule is COc1ccc(F)cc1C(Cl)c1c(F)cc(Br)cc1F. The molecule has 106 valence electrons. The molecule has 6 heteroatoms. The quantitative estimate of drug-likeness (QED) is 0.679. The molecule has 0 saturated carbocycles. The molecule has 0 aromatic heterocycles. The van der Waals surface area contributed by atoms with Gasteiger partial charge in [-0.3, -0.25) is 0 Å². The van der Waals surface area contributed by atoms with Crippen molar-refractivity contribution in [2.45, 2.75) is 5.38 Å². The van der Waals surface area contributed by atoms with Crippen LogP contribution in [0.25, 0.3) is 0 Å². The molecule has 0 N–H and O–H groups in total. The fourth-order valence-corrected chi connectivity index (χ4v) is 2.64. The van der Waals surface area contributed by atoms with Crippen molar-refractivity contribution in [2.75, 3.05) is 7.11 Å². The summed E-state index contributed by atoms with van der Waals surface area (Å²) in [5.74, 6) is -1.94. The van der Waals surface area contributed by atoms with Gasteiger partial charge in [0.2, 0.25) is 0 Å². The van der Waals surface area contributed by atoms with Crippen molar-refractivity contribution in [1.29, 1.82) is 0 Å². The third kappa shape index (κ3) is 2.94. The number of ether oxygens (including phenoxy) is 1. The Hall–Kier alpha value is -1.20. The van der Waals surface area contributed by atoms with E-state index in [-0.39, 0.29) is 21.3 Å². The normalized spacial score (nSPS) is 12.3. The summed E-state index contributed by atoms with van der Waals surface area (Å²) in [6, 6.07) is 5.82. The van der Waals surface area contributed by atoms with E-state index in [0.29, 0.717) is 0 Å². The van der Waals surface area contributed by atoms with Gasteiger partial charge in [-0.2, -0.15) is 0 Å². The lowest BCUT2D eigenvalue weighted by molar-refractivity contribution is 0.408. The van der Waals surface area contributed by atoms with Crippen LogP contribution in [0.15, 0.2) is 34.8 Å². The standard InChI is InChI=1S/C14H9BrClF3O/c1-20-12-3-2-8(17)6-9(12)14(16)13-10(18)4-7(15)5-11(13)19/h2-6,14H,1H3. The lowest BCUT2D eigenvalue weighted by atomic mass is 10.0. The molecule has 2 rings (SSSR count). The predicted octanol–water partition coefficient (Wildman–Crippen LogP) is 5.20. The monoisotopic (exact) mass is 364 g/mol. The second kappa shape index (κ2) is 6.06. The van der Waals surface area contributed by atoms with Gasteiger partial charge in [0.15, 0.2) is 0 Å². The smallest absolute Gasteiger partial charge is 0.132 e. The fourth-order valence-electron chi connectivity index (χ4n) is 1.85. The summed E-state index contributed by atoms with van der Waals surface area (Å²) >= 11 is 9.09. The van der Waals surface area contributed by atoms with Crippen LogP contribution in [0, 0.1) is 17.5 Å². The van der Waals surface area contributed by atoms with Gasteiger partial charge in [0.05, 0.1) is 12.5 Å². The van der Waals surface area contributed by atoms with E-state index in [1.165, 1.54) is 19.2 Å². The molecule has 2 aromatic rings. The molecule has 1 atom stereocenters. The summed E-state index contributed by atoms with van der Waals surface area (Å²) in [7, 11) is 1.37. The van der Waals surface area contributed by atoms with Crippen LogP contribution in [0.3, 0.4) is 0 Å². The summed E-state index contributed by atoms with van der Waals surface area (Å²) in [6.45, 7) is 0. The van der Waals surface area contributed by atoms with E-state index in [0.717, 1.165) is 18.2 Å². The molecule has 0 aliphatic carbocycles. The van der Waals surface area contributed by atoms with Crippen molar-refractivity contribution in [1.82, 2.24) is 0 Å². The lowest BCUT2D eigenvalue weighted by Gasteiger charge is -2.16. The van der Waals surface area contributed by atoms with Crippen LogP contribution in [0.5, 0.6) is 5.75 Å². The van der Waals surface area contributed by atoms with Crippen molar-refractivity contribution < 1.29 is 17.9 Å². The third-order valence-electron chi connectivity index (χ3n) is 2.76. The van der Waals surface area contributed by atoms with E-state index in [2.05, 4.69) is 15.9 Å². The van der Waals surface area contributed by atoms with Crippen LogP contribution in [-0.4, -0.2) is 7.11 Å². The number of alkyl halides is 1. The minimum Gasteiger partial charge on any atom is -0.496 e. The average molecular weight is 366 g/mol. The molecule has 20 heavy (non-hydrogen) atoms. The second-order valence-corrected chi connectivity index (χ2v) is 5.38. The number of hydrogen-bond donors (Lipinski definition) is 0. The highest BCUT2D eigenvalue weighted by Gasteiger charge is 2.24. The van der Waals surface area contributed by atoms with Crippen LogP contribution in [-0.2, 0) is 0 Å². The Labute approximate surface area is 127 Å². The summed E-state index contributed by atoms with van der Waals surface area (Å²) < 4.78 is 46.4. The molecule has 0 fully saturated rings. The number of rotatable bonds is 3. The van der Waals surface area contributed by atoms with E-state index in [1.54, 1.807) is 0 Å². The number of benzene rings is 2. The summed E-state index contributed by atoms with van der Waals surface area (Å²) in [5.41, 5.74) is -0.187. The number of halogens is 5. The van der Waals surface area contributed by atoms with Gasteiger partial charge in [-0.1, -0.05) is 15.9 Å².